The average molecular weight is 283 g/mol. The van der Waals surface area contributed by atoms with Crippen molar-refractivity contribution in [2.45, 2.75) is 37.7 Å². The second kappa shape index (κ2) is 4.64. The van der Waals surface area contributed by atoms with Crippen LogP contribution in [0.5, 0.6) is 0 Å². The fraction of sp³-hybridized carbons (Fsp3) is 0.818. The van der Waals surface area contributed by atoms with E-state index >= 15 is 0 Å². The lowest BCUT2D eigenvalue weighted by Gasteiger charge is -2.30. The van der Waals surface area contributed by atoms with Gasteiger partial charge in [0.15, 0.2) is 0 Å². The highest BCUT2D eigenvalue weighted by atomic mass is 19.3. The normalized spacial score (nSPS) is 33.7. The van der Waals surface area contributed by atoms with Crippen LogP contribution in [0.25, 0.3) is 0 Å². The number of carboxylic acids is 1. The Hall–Kier alpha value is -1.34. The number of nitrogens with one attached hydrogen (secondary N) is 1. The van der Waals surface area contributed by atoms with Crippen molar-refractivity contribution in [3.63, 3.8) is 0 Å². The van der Waals surface area contributed by atoms with Crippen LogP contribution in [0.2, 0.25) is 0 Å². The topological polar surface area (TPSA) is 66.4 Å². The van der Waals surface area contributed by atoms with Crippen LogP contribution in [0, 0.1) is 17.8 Å². The van der Waals surface area contributed by atoms with E-state index in [4.69, 9.17) is 5.11 Å². The van der Waals surface area contributed by atoms with Gasteiger partial charge >= 0.3 is 18.3 Å². The molecule has 0 aliphatic heterocycles. The Balaban J connectivity index is 2.10. The summed E-state index contributed by atoms with van der Waals surface area (Å²) in [4.78, 5) is 22.3. The first kappa shape index (κ1) is 14.1. The van der Waals surface area contributed by atoms with Crippen molar-refractivity contribution in [1.29, 1.82) is 0 Å². The summed E-state index contributed by atoms with van der Waals surface area (Å²) in [6, 6.07) is -0.978. The van der Waals surface area contributed by atoms with Crippen LogP contribution in [0.15, 0.2) is 0 Å². The molecule has 2 rings (SSSR count). The highest BCUT2D eigenvalue weighted by Gasteiger charge is 2.55. The van der Waals surface area contributed by atoms with E-state index in [0.29, 0.717) is 19.3 Å². The van der Waals surface area contributed by atoms with Gasteiger partial charge in [0.1, 0.15) is 0 Å². The Morgan fingerprint density at radius 1 is 1.21 bits per heavy atom. The molecule has 0 spiro atoms. The summed E-state index contributed by atoms with van der Waals surface area (Å²) in [7, 11) is 0. The lowest BCUT2D eigenvalue weighted by molar-refractivity contribution is -0.171. The van der Waals surface area contributed by atoms with Gasteiger partial charge in [0.25, 0.3) is 5.91 Å². The summed E-state index contributed by atoms with van der Waals surface area (Å²) < 4.78 is 49.8. The van der Waals surface area contributed by atoms with Gasteiger partial charge in [-0.3, -0.25) is 9.59 Å². The minimum atomic E-state index is -4.79. The number of halogens is 4. The number of carboxylic acid groups (broad SMARTS) is 1. The highest BCUT2D eigenvalue weighted by molar-refractivity contribution is 5.85. The molecule has 2 N–H and O–H groups in total. The summed E-state index contributed by atoms with van der Waals surface area (Å²) in [5.41, 5.74) is 0. The van der Waals surface area contributed by atoms with E-state index < -0.39 is 36.2 Å². The van der Waals surface area contributed by atoms with Crippen LogP contribution < -0.4 is 5.32 Å². The van der Waals surface area contributed by atoms with Gasteiger partial charge in [-0.2, -0.15) is 8.78 Å². The molecule has 2 fully saturated rings. The Bertz CT molecular complexity index is 401. The van der Waals surface area contributed by atoms with Gasteiger partial charge in [-0.1, -0.05) is 0 Å². The number of carbonyl (C=O) groups is 2. The van der Waals surface area contributed by atoms with Crippen LogP contribution in [0.3, 0.4) is 0 Å². The van der Waals surface area contributed by atoms with Crippen molar-refractivity contribution < 1.29 is 32.3 Å². The van der Waals surface area contributed by atoms with Crippen LogP contribution in [-0.4, -0.2) is 35.4 Å². The van der Waals surface area contributed by atoms with Crippen molar-refractivity contribution in [1.82, 2.24) is 5.32 Å². The second-order valence-corrected chi connectivity index (χ2v) is 5.12. The van der Waals surface area contributed by atoms with E-state index in [-0.39, 0.29) is 11.8 Å². The fourth-order valence-corrected chi connectivity index (χ4v) is 3.20. The maximum Gasteiger partial charge on any atom is 0.383 e. The Morgan fingerprint density at radius 2 is 1.79 bits per heavy atom. The third-order valence-corrected chi connectivity index (χ3v) is 4.08. The van der Waals surface area contributed by atoms with E-state index in [9.17, 15) is 27.2 Å². The molecular formula is C11H13F4NO3. The summed E-state index contributed by atoms with van der Waals surface area (Å²) in [5, 5.41) is 10.9. The summed E-state index contributed by atoms with van der Waals surface area (Å²) >= 11 is 0. The molecule has 4 atom stereocenters. The van der Waals surface area contributed by atoms with Crippen molar-refractivity contribution >= 4 is 11.9 Å². The van der Waals surface area contributed by atoms with E-state index in [1.807, 2.05) is 5.32 Å². The maximum absolute atomic E-state index is 12.9. The van der Waals surface area contributed by atoms with Gasteiger partial charge < -0.3 is 10.4 Å². The third-order valence-electron chi connectivity index (χ3n) is 4.08. The van der Waals surface area contributed by atoms with Gasteiger partial charge in [-0.15, -0.1) is 0 Å². The first-order valence-electron chi connectivity index (χ1n) is 5.95. The lowest BCUT2D eigenvalue weighted by Crippen LogP contribution is -2.53. The molecule has 2 bridgehead atoms. The smallest absolute Gasteiger partial charge is 0.383 e. The molecule has 0 heterocycles. The molecule has 0 radical (unpaired) electrons. The first-order valence-corrected chi connectivity index (χ1v) is 5.95. The highest BCUT2D eigenvalue weighted by Crippen LogP contribution is 2.48. The molecule has 4 nitrogen and oxygen atoms in total. The standard InChI is InChI=1S/C11H13F4NO3/c12-9(13)11(14,15)10(19)16-7-5-2-1-4(3-5)6(7)8(17)18/h4-7,9H,1-3H2,(H,16,19)(H,17,18). The minimum absolute atomic E-state index is 0.173. The van der Waals surface area contributed by atoms with Crippen molar-refractivity contribution in [3.8, 4) is 0 Å². The molecule has 2 saturated carbocycles. The van der Waals surface area contributed by atoms with E-state index in [1.54, 1.807) is 0 Å². The number of hydrogen-bond acceptors (Lipinski definition) is 2. The molecule has 2 aliphatic rings. The number of alkyl halides is 4. The Kier molecular flexibility index (Phi) is 3.44. The zero-order valence-electron chi connectivity index (χ0n) is 9.78. The fourth-order valence-electron chi connectivity index (χ4n) is 3.20. The number of rotatable bonds is 4. The molecule has 0 aromatic heterocycles. The maximum atomic E-state index is 12.9. The lowest BCUT2D eigenvalue weighted by atomic mass is 9.84. The summed E-state index contributed by atoms with van der Waals surface area (Å²) in [5.74, 6) is -9.41. The molecule has 2 aliphatic carbocycles. The molecule has 0 aromatic carbocycles. The Morgan fingerprint density at radius 3 is 2.32 bits per heavy atom. The van der Waals surface area contributed by atoms with Crippen molar-refractivity contribution in [2.24, 2.45) is 17.8 Å². The SMILES string of the molecule is O=C(O)C1C2CCC(C2)C1NC(=O)C(F)(F)C(F)F. The Labute approximate surface area is 106 Å². The third kappa shape index (κ3) is 2.28. The van der Waals surface area contributed by atoms with E-state index in [0.717, 1.165) is 0 Å². The van der Waals surface area contributed by atoms with Crippen LogP contribution in [0.1, 0.15) is 19.3 Å². The number of aliphatic carboxylic acids is 1. The molecule has 8 heteroatoms. The van der Waals surface area contributed by atoms with Crippen LogP contribution in [-0.2, 0) is 9.59 Å². The first-order chi connectivity index (χ1) is 8.75. The van der Waals surface area contributed by atoms with Gasteiger partial charge in [-0.05, 0) is 31.1 Å². The summed E-state index contributed by atoms with van der Waals surface area (Å²) in [6.07, 6.45) is -2.28. The predicted octanol–water partition coefficient (Wildman–Crippen LogP) is 1.50. The number of amides is 1. The van der Waals surface area contributed by atoms with Gasteiger partial charge in [-0.25, -0.2) is 8.78 Å². The van der Waals surface area contributed by atoms with Crippen LogP contribution in [0.4, 0.5) is 17.6 Å². The molecule has 0 aromatic rings. The van der Waals surface area contributed by atoms with E-state index in [2.05, 4.69) is 0 Å². The van der Waals surface area contributed by atoms with Gasteiger partial charge in [0, 0.05) is 6.04 Å². The second-order valence-electron chi connectivity index (χ2n) is 5.12. The summed E-state index contributed by atoms with van der Waals surface area (Å²) in [6.45, 7) is 0. The quantitative estimate of drug-likeness (QED) is 0.768. The van der Waals surface area contributed by atoms with Gasteiger partial charge in [0.2, 0.25) is 0 Å². The number of carbonyl (C=O) groups excluding carboxylic acids is 1. The molecule has 19 heavy (non-hydrogen) atoms. The van der Waals surface area contributed by atoms with Crippen molar-refractivity contribution in [3.05, 3.63) is 0 Å². The predicted molar refractivity (Wildman–Crippen MR) is 54.8 cm³/mol. The molecular weight excluding hydrogens is 270 g/mol. The molecule has 4 unspecified atom stereocenters. The van der Waals surface area contributed by atoms with Gasteiger partial charge in [0.05, 0.1) is 5.92 Å². The average Bonchev–Trinajstić information content (AvgIpc) is 2.88. The zero-order valence-corrected chi connectivity index (χ0v) is 9.78. The van der Waals surface area contributed by atoms with Crippen molar-refractivity contribution in [2.75, 3.05) is 0 Å². The molecule has 108 valence electrons. The monoisotopic (exact) mass is 283 g/mol. The molecule has 1 amide bonds. The molecule has 0 saturated heterocycles. The largest absolute Gasteiger partial charge is 0.481 e. The number of hydrogen-bond donors (Lipinski definition) is 2. The van der Waals surface area contributed by atoms with Crippen LogP contribution >= 0.6 is 0 Å². The minimum Gasteiger partial charge on any atom is -0.481 e. The van der Waals surface area contributed by atoms with E-state index in [1.165, 1.54) is 0 Å². The zero-order chi connectivity index (χ0) is 14.4. The number of fused-ring (bicyclic) bond motifs is 2.